The Labute approximate surface area is 126 Å². The van der Waals surface area contributed by atoms with Crippen molar-refractivity contribution >= 4 is 11.6 Å². The van der Waals surface area contributed by atoms with E-state index in [1.165, 1.54) is 5.56 Å². The third-order valence-corrected chi connectivity index (χ3v) is 3.87. The lowest BCUT2D eigenvalue weighted by molar-refractivity contribution is 0.513. The zero-order valence-corrected chi connectivity index (χ0v) is 12.8. The molecule has 1 aromatic heterocycles. The van der Waals surface area contributed by atoms with Crippen LogP contribution < -0.4 is 5.32 Å². The number of hydrogen-bond donors (Lipinski definition) is 1. The highest BCUT2D eigenvalue weighted by atomic mass is 35.5. The fourth-order valence-electron chi connectivity index (χ4n) is 2.30. The van der Waals surface area contributed by atoms with E-state index >= 15 is 0 Å². The van der Waals surface area contributed by atoms with Gasteiger partial charge in [-0.1, -0.05) is 36.7 Å². The van der Waals surface area contributed by atoms with Crippen LogP contribution >= 0.6 is 11.6 Å². The highest BCUT2D eigenvalue weighted by molar-refractivity contribution is 6.31. The first kappa shape index (κ1) is 15.0. The molecule has 1 heterocycles. The molecule has 2 nitrogen and oxygen atoms in total. The molecule has 1 aromatic carbocycles. The van der Waals surface area contributed by atoms with Crippen LogP contribution in [-0.2, 0) is 6.42 Å². The Bertz CT molecular complexity index is 540. The van der Waals surface area contributed by atoms with Crippen molar-refractivity contribution in [1.29, 1.82) is 0 Å². The summed E-state index contributed by atoms with van der Waals surface area (Å²) in [6, 6.07) is 12.7. The quantitative estimate of drug-likeness (QED) is 0.856. The Morgan fingerprint density at radius 1 is 1.25 bits per heavy atom. The Morgan fingerprint density at radius 2 is 2.10 bits per heavy atom. The zero-order chi connectivity index (χ0) is 14.4. The summed E-state index contributed by atoms with van der Waals surface area (Å²) in [5, 5.41) is 4.37. The SMILES string of the molecule is CCNC(CCc1ccccn1)c1ccc(C)c(Cl)c1. The third-order valence-electron chi connectivity index (χ3n) is 3.46. The Hall–Kier alpha value is -1.38. The highest BCUT2D eigenvalue weighted by Gasteiger charge is 2.11. The summed E-state index contributed by atoms with van der Waals surface area (Å²) in [4.78, 5) is 4.38. The van der Waals surface area contributed by atoms with Crippen LogP contribution in [0, 0.1) is 6.92 Å². The number of benzene rings is 1. The lowest BCUT2D eigenvalue weighted by atomic mass is 9.99. The van der Waals surface area contributed by atoms with Crippen LogP contribution in [0.5, 0.6) is 0 Å². The van der Waals surface area contributed by atoms with E-state index in [0.29, 0.717) is 6.04 Å². The third kappa shape index (κ3) is 4.06. The van der Waals surface area contributed by atoms with Gasteiger partial charge < -0.3 is 5.32 Å². The van der Waals surface area contributed by atoms with Crippen molar-refractivity contribution in [3.8, 4) is 0 Å². The Morgan fingerprint density at radius 3 is 2.75 bits per heavy atom. The summed E-state index contributed by atoms with van der Waals surface area (Å²) >= 11 is 6.24. The Balaban J connectivity index is 2.08. The number of rotatable bonds is 6. The van der Waals surface area contributed by atoms with Gasteiger partial charge in [-0.3, -0.25) is 4.98 Å². The first-order valence-corrected chi connectivity index (χ1v) is 7.48. The van der Waals surface area contributed by atoms with E-state index in [9.17, 15) is 0 Å². The van der Waals surface area contributed by atoms with Crippen LogP contribution in [0.4, 0.5) is 0 Å². The molecule has 2 rings (SSSR count). The second-order valence-electron chi connectivity index (χ2n) is 4.98. The number of aryl methyl sites for hydroxylation is 2. The summed E-state index contributed by atoms with van der Waals surface area (Å²) in [7, 11) is 0. The molecule has 20 heavy (non-hydrogen) atoms. The molecule has 0 aliphatic rings. The average molecular weight is 289 g/mol. The zero-order valence-electron chi connectivity index (χ0n) is 12.1. The summed E-state index contributed by atoms with van der Waals surface area (Å²) < 4.78 is 0. The molecule has 0 aliphatic carbocycles. The minimum Gasteiger partial charge on any atom is -0.310 e. The number of halogens is 1. The molecule has 1 unspecified atom stereocenters. The van der Waals surface area contributed by atoms with Crippen LogP contribution in [-0.4, -0.2) is 11.5 Å². The molecule has 1 atom stereocenters. The van der Waals surface area contributed by atoms with Crippen molar-refractivity contribution in [2.45, 2.75) is 32.7 Å². The van der Waals surface area contributed by atoms with Gasteiger partial charge in [-0.15, -0.1) is 0 Å². The molecule has 0 radical (unpaired) electrons. The maximum Gasteiger partial charge on any atom is 0.0438 e. The second-order valence-corrected chi connectivity index (χ2v) is 5.39. The van der Waals surface area contributed by atoms with Crippen molar-refractivity contribution in [1.82, 2.24) is 10.3 Å². The van der Waals surface area contributed by atoms with Crippen LogP contribution in [0.15, 0.2) is 42.6 Å². The monoisotopic (exact) mass is 288 g/mol. The molecular weight excluding hydrogens is 268 g/mol. The van der Waals surface area contributed by atoms with Gasteiger partial charge in [-0.05, 0) is 55.6 Å². The van der Waals surface area contributed by atoms with Gasteiger partial charge in [0.1, 0.15) is 0 Å². The number of nitrogens with one attached hydrogen (secondary N) is 1. The van der Waals surface area contributed by atoms with E-state index in [1.54, 1.807) is 0 Å². The molecule has 0 amide bonds. The second kappa shape index (κ2) is 7.41. The van der Waals surface area contributed by atoms with Crippen molar-refractivity contribution in [2.75, 3.05) is 6.54 Å². The molecule has 0 fully saturated rings. The van der Waals surface area contributed by atoms with Crippen LogP contribution in [0.25, 0.3) is 0 Å². The van der Waals surface area contributed by atoms with Gasteiger partial charge in [0.25, 0.3) is 0 Å². The summed E-state index contributed by atoms with van der Waals surface area (Å²) in [6.45, 7) is 5.10. The van der Waals surface area contributed by atoms with Crippen LogP contribution in [0.1, 0.15) is 36.2 Å². The summed E-state index contributed by atoms with van der Waals surface area (Å²) in [5.41, 5.74) is 3.50. The van der Waals surface area contributed by atoms with Crippen molar-refractivity contribution in [3.05, 3.63) is 64.4 Å². The number of hydrogen-bond acceptors (Lipinski definition) is 2. The largest absolute Gasteiger partial charge is 0.310 e. The van der Waals surface area contributed by atoms with Crippen molar-refractivity contribution in [2.24, 2.45) is 0 Å². The molecule has 0 saturated heterocycles. The standard InChI is InChI=1S/C17H21ClN2/c1-3-19-17(10-9-15-6-4-5-11-20-15)14-8-7-13(2)16(18)12-14/h4-8,11-12,17,19H,3,9-10H2,1-2H3. The lowest BCUT2D eigenvalue weighted by Gasteiger charge is -2.19. The number of aromatic nitrogens is 1. The topological polar surface area (TPSA) is 24.9 Å². The maximum atomic E-state index is 6.24. The highest BCUT2D eigenvalue weighted by Crippen LogP contribution is 2.24. The molecule has 0 saturated carbocycles. The molecule has 2 aromatic rings. The predicted molar refractivity (Wildman–Crippen MR) is 85.2 cm³/mol. The predicted octanol–water partition coefficient (Wildman–Crippen LogP) is 4.33. The molecular formula is C17H21ClN2. The van der Waals surface area contributed by atoms with Gasteiger partial charge in [0.15, 0.2) is 0 Å². The van der Waals surface area contributed by atoms with Gasteiger partial charge >= 0.3 is 0 Å². The van der Waals surface area contributed by atoms with E-state index in [4.69, 9.17) is 11.6 Å². The van der Waals surface area contributed by atoms with Crippen LogP contribution in [0.2, 0.25) is 5.02 Å². The molecule has 3 heteroatoms. The number of nitrogens with zero attached hydrogens (tertiary/aromatic N) is 1. The van der Waals surface area contributed by atoms with Crippen molar-refractivity contribution in [3.63, 3.8) is 0 Å². The van der Waals surface area contributed by atoms with Crippen LogP contribution in [0.3, 0.4) is 0 Å². The smallest absolute Gasteiger partial charge is 0.0438 e. The summed E-state index contributed by atoms with van der Waals surface area (Å²) in [5.74, 6) is 0. The van der Waals surface area contributed by atoms with E-state index in [1.807, 2.05) is 25.3 Å². The van der Waals surface area contributed by atoms with Gasteiger partial charge in [-0.2, -0.15) is 0 Å². The fourth-order valence-corrected chi connectivity index (χ4v) is 2.49. The maximum absolute atomic E-state index is 6.24. The minimum absolute atomic E-state index is 0.320. The number of pyridine rings is 1. The molecule has 0 bridgehead atoms. The van der Waals surface area contributed by atoms with Gasteiger partial charge in [0.2, 0.25) is 0 Å². The van der Waals surface area contributed by atoms with Gasteiger partial charge in [0, 0.05) is 23.0 Å². The summed E-state index contributed by atoms with van der Waals surface area (Å²) in [6.07, 6.45) is 3.83. The van der Waals surface area contributed by atoms with Gasteiger partial charge in [0.05, 0.1) is 0 Å². The molecule has 0 aliphatic heterocycles. The lowest BCUT2D eigenvalue weighted by Crippen LogP contribution is -2.21. The van der Waals surface area contributed by atoms with Gasteiger partial charge in [-0.25, -0.2) is 0 Å². The van der Waals surface area contributed by atoms with E-state index in [0.717, 1.165) is 35.7 Å². The first-order valence-electron chi connectivity index (χ1n) is 7.10. The average Bonchev–Trinajstić information content (AvgIpc) is 2.47. The van der Waals surface area contributed by atoms with Crippen molar-refractivity contribution < 1.29 is 0 Å². The Kier molecular flexibility index (Phi) is 5.57. The molecule has 0 spiro atoms. The molecule has 1 N–H and O–H groups in total. The normalized spacial score (nSPS) is 12.3. The van der Waals surface area contributed by atoms with E-state index in [-0.39, 0.29) is 0 Å². The molecule has 106 valence electrons. The van der Waals surface area contributed by atoms with E-state index < -0.39 is 0 Å². The fraction of sp³-hybridized carbons (Fsp3) is 0.353. The minimum atomic E-state index is 0.320. The first-order chi connectivity index (χ1) is 9.70. The van der Waals surface area contributed by atoms with E-state index in [2.05, 4.69) is 41.5 Å².